The van der Waals surface area contributed by atoms with Gasteiger partial charge in [0.25, 0.3) is 0 Å². The summed E-state index contributed by atoms with van der Waals surface area (Å²) >= 11 is 0. The molecule has 3 rings (SSSR count). The highest BCUT2D eigenvalue weighted by Gasteiger charge is 2.27. The Kier molecular flexibility index (Phi) is 3.67. The minimum atomic E-state index is -0.529. The third-order valence-corrected chi connectivity index (χ3v) is 4.04. The fraction of sp³-hybridized carbons (Fsp3) is 0.222. The highest BCUT2D eigenvalue weighted by atomic mass is 16.5. The van der Waals surface area contributed by atoms with E-state index in [-0.39, 0.29) is 6.04 Å². The molecule has 21 heavy (non-hydrogen) atoms. The van der Waals surface area contributed by atoms with Gasteiger partial charge in [-0.2, -0.15) is 0 Å². The molecular formula is C18H19NO2. The summed E-state index contributed by atoms with van der Waals surface area (Å²) in [5, 5.41) is 10.6. The normalized spacial score (nSPS) is 20.0. The molecule has 3 heteroatoms. The number of hydrogen-bond acceptors (Lipinski definition) is 3. The lowest BCUT2D eigenvalue weighted by Gasteiger charge is -2.34. The zero-order chi connectivity index (χ0) is 14.8. The number of fused-ring (bicyclic) bond motifs is 1. The van der Waals surface area contributed by atoms with E-state index in [0.717, 1.165) is 22.6 Å². The first-order valence-corrected chi connectivity index (χ1v) is 7.03. The Morgan fingerprint density at radius 3 is 2.48 bits per heavy atom. The van der Waals surface area contributed by atoms with Gasteiger partial charge in [-0.05, 0) is 35.4 Å². The standard InChI is InChI=1S/C18H19NO2/c1-19(14-8-10-15(21-2)11-9-14)17-12-7-13-5-3-4-6-16(13)18(17)20/h3-12,17-18,20H,1-2H3/t17-,18-/m1/s1. The van der Waals surface area contributed by atoms with Crippen molar-refractivity contribution in [3.8, 4) is 5.75 Å². The van der Waals surface area contributed by atoms with Crippen molar-refractivity contribution in [3.05, 3.63) is 65.7 Å². The van der Waals surface area contributed by atoms with E-state index in [9.17, 15) is 5.11 Å². The summed E-state index contributed by atoms with van der Waals surface area (Å²) in [6, 6.07) is 15.7. The van der Waals surface area contributed by atoms with Gasteiger partial charge in [0, 0.05) is 12.7 Å². The van der Waals surface area contributed by atoms with E-state index in [1.165, 1.54) is 0 Å². The van der Waals surface area contributed by atoms with E-state index in [0.29, 0.717) is 0 Å². The molecule has 0 unspecified atom stereocenters. The van der Waals surface area contributed by atoms with Gasteiger partial charge in [0.05, 0.1) is 13.2 Å². The Hall–Kier alpha value is -2.26. The van der Waals surface area contributed by atoms with Crippen LogP contribution in [-0.4, -0.2) is 25.3 Å². The zero-order valence-corrected chi connectivity index (χ0v) is 12.2. The minimum Gasteiger partial charge on any atom is -0.497 e. The lowest BCUT2D eigenvalue weighted by Crippen LogP contribution is -2.36. The Bertz CT molecular complexity index is 649. The molecule has 2 aromatic rings. The summed E-state index contributed by atoms with van der Waals surface area (Å²) < 4.78 is 5.18. The molecule has 0 aliphatic heterocycles. The second-order valence-electron chi connectivity index (χ2n) is 5.23. The molecule has 0 radical (unpaired) electrons. The largest absolute Gasteiger partial charge is 0.497 e. The Labute approximate surface area is 125 Å². The second-order valence-corrected chi connectivity index (χ2v) is 5.23. The van der Waals surface area contributed by atoms with Gasteiger partial charge in [-0.1, -0.05) is 36.4 Å². The SMILES string of the molecule is COc1ccc(N(C)[C@@H]2C=Cc3ccccc3[C@H]2O)cc1. The lowest BCUT2D eigenvalue weighted by atomic mass is 9.90. The van der Waals surface area contributed by atoms with Crippen LogP contribution in [0.1, 0.15) is 17.2 Å². The second kappa shape index (κ2) is 5.62. The van der Waals surface area contributed by atoms with E-state index in [1.807, 2.05) is 55.6 Å². The molecule has 108 valence electrons. The highest BCUT2D eigenvalue weighted by Crippen LogP contribution is 2.32. The molecule has 1 N–H and O–H groups in total. The first kappa shape index (κ1) is 13.7. The Balaban J connectivity index is 1.87. The number of aliphatic hydroxyl groups excluding tert-OH is 1. The van der Waals surface area contributed by atoms with Crippen LogP contribution >= 0.6 is 0 Å². The summed E-state index contributed by atoms with van der Waals surface area (Å²) in [4.78, 5) is 2.08. The van der Waals surface area contributed by atoms with E-state index >= 15 is 0 Å². The average molecular weight is 281 g/mol. The van der Waals surface area contributed by atoms with Crippen LogP contribution in [0.5, 0.6) is 5.75 Å². The summed E-state index contributed by atoms with van der Waals surface area (Å²) in [6.45, 7) is 0. The van der Waals surface area contributed by atoms with Gasteiger partial charge >= 0.3 is 0 Å². The number of hydrogen-bond donors (Lipinski definition) is 1. The maximum atomic E-state index is 10.6. The zero-order valence-electron chi connectivity index (χ0n) is 12.2. The topological polar surface area (TPSA) is 32.7 Å². The predicted octanol–water partition coefficient (Wildman–Crippen LogP) is 3.26. The molecule has 0 aromatic heterocycles. The van der Waals surface area contributed by atoms with E-state index < -0.39 is 6.10 Å². The molecule has 0 saturated carbocycles. The molecule has 0 bridgehead atoms. The number of likely N-dealkylation sites (N-methyl/N-ethyl adjacent to an activating group) is 1. The maximum absolute atomic E-state index is 10.6. The lowest BCUT2D eigenvalue weighted by molar-refractivity contribution is 0.159. The van der Waals surface area contributed by atoms with Gasteiger partial charge in [-0.25, -0.2) is 0 Å². The van der Waals surface area contributed by atoms with Gasteiger partial charge in [-0.3, -0.25) is 0 Å². The molecule has 2 atom stereocenters. The number of nitrogens with zero attached hydrogens (tertiary/aromatic N) is 1. The Morgan fingerprint density at radius 2 is 1.76 bits per heavy atom. The fourth-order valence-corrected chi connectivity index (χ4v) is 2.75. The van der Waals surface area contributed by atoms with E-state index in [2.05, 4.69) is 17.1 Å². The van der Waals surface area contributed by atoms with Gasteiger partial charge < -0.3 is 14.7 Å². The average Bonchev–Trinajstić information content (AvgIpc) is 2.55. The minimum absolute atomic E-state index is 0.0757. The number of benzene rings is 2. The summed E-state index contributed by atoms with van der Waals surface area (Å²) in [6.07, 6.45) is 3.60. The van der Waals surface area contributed by atoms with Crippen molar-refractivity contribution in [2.24, 2.45) is 0 Å². The smallest absolute Gasteiger partial charge is 0.119 e. The van der Waals surface area contributed by atoms with Crippen molar-refractivity contribution < 1.29 is 9.84 Å². The number of anilines is 1. The van der Waals surface area contributed by atoms with Crippen LogP contribution in [-0.2, 0) is 0 Å². The molecule has 2 aromatic carbocycles. The van der Waals surface area contributed by atoms with Crippen molar-refractivity contribution in [2.75, 3.05) is 19.1 Å². The predicted molar refractivity (Wildman–Crippen MR) is 85.6 cm³/mol. The molecular weight excluding hydrogens is 262 g/mol. The molecule has 0 spiro atoms. The molecule has 0 fully saturated rings. The quantitative estimate of drug-likeness (QED) is 0.937. The number of ether oxygens (including phenoxy) is 1. The number of rotatable bonds is 3. The molecule has 1 aliphatic carbocycles. The molecule has 1 aliphatic rings. The van der Waals surface area contributed by atoms with Crippen molar-refractivity contribution in [2.45, 2.75) is 12.1 Å². The van der Waals surface area contributed by atoms with Crippen LogP contribution in [0.3, 0.4) is 0 Å². The third-order valence-electron chi connectivity index (χ3n) is 4.04. The molecule has 3 nitrogen and oxygen atoms in total. The monoisotopic (exact) mass is 281 g/mol. The van der Waals surface area contributed by atoms with E-state index in [1.54, 1.807) is 7.11 Å². The molecule has 0 heterocycles. The van der Waals surface area contributed by atoms with Gasteiger partial charge in [0.2, 0.25) is 0 Å². The van der Waals surface area contributed by atoms with Gasteiger partial charge in [0.1, 0.15) is 11.9 Å². The maximum Gasteiger partial charge on any atom is 0.119 e. The van der Waals surface area contributed by atoms with Crippen LogP contribution in [0.2, 0.25) is 0 Å². The number of aliphatic hydroxyl groups is 1. The van der Waals surface area contributed by atoms with Gasteiger partial charge in [-0.15, -0.1) is 0 Å². The fourth-order valence-electron chi connectivity index (χ4n) is 2.75. The van der Waals surface area contributed by atoms with Crippen molar-refractivity contribution in [1.29, 1.82) is 0 Å². The molecule has 0 saturated heterocycles. The van der Waals surface area contributed by atoms with Crippen molar-refractivity contribution in [1.82, 2.24) is 0 Å². The highest BCUT2D eigenvalue weighted by molar-refractivity contribution is 5.61. The van der Waals surface area contributed by atoms with Crippen LogP contribution in [0.25, 0.3) is 6.08 Å². The number of methoxy groups -OCH3 is 1. The summed E-state index contributed by atoms with van der Waals surface area (Å²) in [5.41, 5.74) is 3.11. The van der Waals surface area contributed by atoms with Crippen LogP contribution in [0.15, 0.2) is 54.6 Å². The van der Waals surface area contributed by atoms with Crippen LogP contribution < -0.4 is 9.64 Å². The van der Waals surface area contributed by atoms with Crippen LogP contribution in [0, 0.1) is 0 Å². The summed E-state index contributed by atoms with van der Waals surface area (Å²) in [7, 11) is 3.65. The summed E-state index contributed by atoms with van der Waals surface area (Å²) in [5.74, 6) is 0.831. The Morgan fingerprint density at radius 1 is 1.05 bits per heavy atom. The van der Waals surface area contributed by atoms with Crippen molar-refractivity contribution >= 4 is 11.8 Å². The van der Waals surface area contributed by atoms with Crippen LogP contribution in [0.4, 0.5) is 5.69 Å². The first-order chi connectivity index (χ1) is 10.2. The third kappa shape index (κ3) is 2.52. The van der Waals surface area contributed by atoms with Crippen molar-refractivity contribution in [3.63, 3.8) is 0 Å². The van der Waals surface area contributed by atoms with E-state index in [4.69, 9.17) is 4.74 Å². The first-order valence-electron chi connectivity index (χ1n) is 7.03. The molecule has 0 amide bonds. The van der Waals surface area contributed by atoms with Gasteiger partial charge in [0.15, 0.2) is 0 Å².